The molecule has 3 aromatic carbocycles. The molecule has 23 heavy (non-hydrogen) atoms. The first-order valence-electron chi connectivity index (χ1n) is 7.10. The summed E-state index contributed by atoms with van der Waals surface area (Å²) in [7, 11) is 0. The van der Waals surface area contributed by atoms with E-state index in [9.17, 15) is 13.6 Å². The molecule has 3 rings (SSSR count). The second-order valence-electron chi connectivity index (χ2n) is 5.06. The van der Waals surface area contributed by atoms with Gasteiger partial charge in [-0.15, -0.1) is 0 Å². The highest BCUT2D eigenvalue weighted by molar-refractivity contribution is 6.03. The van der Waals surface area contributed by atoms with Crippen LogP contribution < -0.4 is 10.6 Å². The summed E-state index contributed by atoms with van der Waals surface area (Å²) in [5.41, 5.74) is 1.05. The molecule has 0 saturated carbocycles. The maximum Gasteiger partial charge on any atom is 0.243 e. The summed E-state index contributed by atoms with van der Waals surface area (Å²) in [4.78, 5) is 12.0. The van der Waals surface area contributed by atoms with Crippen molar-refractivity contribution in [1.82, 2.24) is 0 Å². The van der Waals surface area contributed by atoms with Gasteiger partial charge in [0.05, 0.1) is 6.54 Å². The number of benzene rings is 3. The molecule has 3 nitrogen and oxygen atoms in total. The van der Waals surface area contributed by atoms with E-state index in [1.54, 1.807) is 0 Å². The third-order valence-electron chi connectivity index (χ3n) is 3.44. The van der Waals surface area contributed by atoms with Crippen LogP contribution in [0.25, 0.3) is 10.8 Å². The van der Waals surface area contributed by atoms with Gasteiger partial charge in [-0.1, -0.05) is 36.4 Å². The van der Waals surface area contributed by atoms with Crippen LogP contribution in [0.5, 0.6) is 0 Å². The van der Waals surface area contributed by atoms with E-state index in [1.807, 2.05) is 42.5 Å². The predicted molar refractivity (Wildman–Crippen MR) is 87.4 cm³/mol. The zero-order valence-electron chi connectivity index (χ0n) is 12.1. The van der Waals surface area contributed by atoms with Crippen LogP contribution in [0.2, 0.25) is 0 Å². The highest BCUT2D eigenvalue weighted by Crippen LogP contribution is 2.22. The first kappa shape index (κ1) is 15.0. The van der Waals surface area contributed by atoms with E-state index in [1.165, 1.54) is 6.07 Å². The fourth-order valence-electron chi connectivity index (χ4n) is 2.32. The molecule has 0 atom stereocenters. The Morgan fingerprint density at radius 1 is 0.913 bits per heavy atom. The standard InChI is InChI=1S/C18H14F2N2O/c19-15-9-8-13(10-16(15)20)21-11-18(23)22-17-7-3-5-12-4-1-2-6-14(12)17/h1-10,21H,11H2,(H,22,23). The number of amides is 1. The number of carbonyl (C=O) groups is 1. The van der Waals surface area contributed by atoms with Gasteiger partial charge in [0.25, 0.3) is 0 Å². The Kier molecular flexibility index (Phi) is 4.19. The molecule has 0 aliphatic carbocycles. The smallest absolute Gasteiger partial charge is 0.243 e. The molecule has 0 fully saturated rings. The molecule has 2 N–H and O–H groups in total. The zero-order chi connectivity index (χ0) is 16.2. The average Bonchev–Trinajstić information content (AvgIpc) is 2.56. The summed E-state index contributed by atoms with van der Waals surface area (Å²) in [6.45, 7) is -0.0473. The van der Waals surface area contributed by atoms with Crippen LogP contribution >= 0.6 is 0 Å². The van der Waals surface area contributed by atoms with Crippen LogP contribution in [0.4, 0.5) is 20.2 Å². The number of halogens is 2. The van der Waals surface area contributed by atoms with Gasteiger partial charge in [-0.2, -0.15) is 0 Å². The van der Waals surface area contributed by atoms with E-state index < -0.39 is 11.6 Å². The van der Waals surface area contributed by atoms with Crippen LogP contribution in [0.15, 0.2) is 60.7 Å². The lowest BCUT2D eigenvalue weighted by Crippen LogP contribution is -2.21. The van der Waals surface area contributed by atoms with Crippen molar-refractivity contribution in [3.05, 3.63) is 72.3 Å². The molecule has 0 bridgehead atoms. The van der Waals surface area contributed by atoms with Crippen LogP contribution in [-0.2, 0) is 4.79 Å². The number of nitrogens with one attached hydrogen (secondary N) is 2. The minimum Gasteiger partial charge on any atom is -0.376 e. The van der Waals surface area contributed by atoms with Gasteiger partial charge in [-0.3, -0.25) is 4.79 Å². The molecule has 1 amide bonds. The molecule has 0 unspecified atom stereocenters. The monoisotopic (exact) mass is 312 g/mol. The first-order chi connectivity index (χ1) is 11.1. The molecule has 0 heterocycles. The minimum atomic E-state index is -0.954. The van der Waals surface area contributed by atoms with Crippen LogP contribution in [0.1, 0.15) is 0 Å². The lowest BCUT2D eigenvalue weighted by atomic mass is 10.1. The number of rotatable bonds is 4. The highest BCUT2D eigenvalue weighted by atomic mass is 19.2. The second kappa shape index (κ2) is 6.44. The normalized spacial score (nSPS) is 10.5. The topological polar surface area (TPSA) is 41.1 Å². The van der Waals surface area contributed by atoms with E-state index in [0.29, 0.717) is 11.4 Å². The van der Waals surface area contributed by atoms with Crippen molar-refractivity contribution >= 4 is 28.1 Å². The highest BCUT2D eigenvalue weighted by Gasteiger charge is 2.07. The Hall–Kier alpha value is -2.95. The van der Waals surface area contributed by atoms with Crippen LogP contribution in [0.3, 0.4) is 0 Å². The van der Waals surface area contributed by atoms with Gasteiger partial charge in [0.15, 0.2) is 11.6 Å². The van der Waals surface area contributed by atoms with Crippen molar-refractivity contribution in [2.45, 2.75) is 0 Å². The number of hydrogen-bond donors (Lipinski definition) is 2. The quantitative estimate of drug-likeness (QED) is 0.759. The lowest BCUT2D eigenvalue weighted by Gasteiger charge is -2.10. The molecule has 0 radical (unpaired) electrons. The number of hydrogen-bond acceptors (Lipinski definition) is 2. The maximum absolute atomic E-state index is 13.1. The first-order valence-corrected chi connectivity index (χ1v) is 7.10. The van der Waals surface area contributed by atoms with Gasteiger partial charge in [0, 0.05) is 22.8 Å². The molecule has 3 aromatic rings. The SMILES string of the molecule is O=C(CNc1ccc(F)c(F)c1)Nc1cccc2ccccc12. The Bertz CT molecular complexity index is 859. The molecule has 0 saturated heterocycles. The lowest BCUT2D eigenvalue weighted by molar-refractivity contribution is -0.114. The third-order valence-corrected chi connectivity index (χ3v) is 3.44. The van der Waals surface area contributed by atoms with Gasteiger partial charge >= 0.3 is 0 Å². The molecule has 0 aliphatic heterocycles. The van der Waals surface area contributed by atoms with Gasteiger partial charge in [-0.05, 0) is 23.6 Å². The van der Waals surface area contributed by atoms with Gasteiger partial charge in [0.1, 0.15) is 0 Å². The zero-order valence-corrected chi connectivity index (χ0v) is 12.1. The Balaban J connectivity index is 1.68. The summed E-state index contributed by atoms with van der Waals surface area (Å²) >= 11 is 0. The van der Waals surface area contributed by atoms with Gasteiger partial charge in [0.2, 0.25) is 5.91 Å². The summed E-state index contributed by atoms with van der Waals surface area (Å²) in [6, 6.07) is 16.8. The number of carbonyl (C=O) groups excluding carboxylic acids is 1. The van der Waals surface area contributed by atoms with E-state index >= 15 is 0 Å². The number of fused-ring (bicyclic) bond motifs is 1. The Morgan fingerprint density at radius 2 is 1.70 bits per heavy atom. The molecular weight excluding hydrogens is 298 g/mol. The average molecular weight is 312 g/mol. The van der Waals surface area contributed by atoms with E-state index in [0.717, 1.165) is 22.9 Å². The third kappa shape index (κ3) is 3.45. The fourth-order valence-corrected chi connectivity index (χ4v) is 2.32. The van der Waals surface area contributed by atoms with Crippen molar-refractivity contribution in [3.8, 4) is 0 Å². The van der Waals surface area contributed by atoms with Gasteiger partial charge in [-0.25, -0.2) is 8.78 Å². The predicted octanol–water partition coefficient (Wildman–Crippen LogP) is 4.17. The molecular formula is C18H14F2N2O. The Morgan fingerprint density at radius 3 is 2.52 bits per heavy atom. The maximum atomic E-state index is 13.1. The molecule has 0 spiro atoms. The summed E-state index contributed by atoms with van der Waals surface area (Å²) < 4.78 is 26.0. The van der Waals surface area contributed by atoms with Crippen molar-refractivity contribution in [1.29, 1.82) is 0 Å². The van der Waals surface area contributed by atoms with Crippen molar-refractivity contribution in [3.63, 3.8) is 0 Å². The van der Waals surface area contributed by atoms with E-state index in [4.69, 9.17) is 0 Å². The van der Waals surface area contributed by atoms with Crippen molar-refractivity contribution in [2.75, 3.05) is 17.2 Å². The van der Waals surface area contributed by atoms with Crippen LogP contribution in [-0.4, -0.2) is 12.5 Å². The van der Waals surface area contributed by atoms with E-state index in [2.05, 4.69) is 10.6 Å². The minimum absolute atomic E-state index is 0.0473. The fraction of sp³-hybridized carbons (Fsp3) is 0.0556. The van der Waals surface area contributed by atoms with Crippen molar-refractivity contribution < 1.29 is 13.6 Å². The summed E-state index contributed by atoms with van der Waals surface area (Å²) in [5.74, 6) is -2.15. The second-order valence-corrected chi connectivity index (χ2v) is 5.06. The Labute approximate surface area is 131 Å². The van der Waals surface area contributed by atoms with Crippen molar-refractivity contribution in [2.24, 2.45) is 0 Å². The summed E-state index contributed by atoms with van der Waals surface area (Å²) in [6.07, 6.45) is 0. The van der Waals surface area contributed by atoms with Crippen LogP contribution in [0, 0.1) is 11.6 Å². The number of anilines is 2. The molecule has 5 heteroatoms. The largest absolute Gasteiger partial charge is 0.376 e. The summed E-state index contributed by atoms with van der Waals surface area (Å²) in [5, 5.41) is 7.54. The van der Waals surface area contributed by atoms with E-state index in [-0.39, 0.29) is 12.5 Å². The molecule has 116 valence electrons. The van der Waals surface area contributed by atoms with Gasteiger partial charge < -0.3 is 10.6 Å². The molecule has 0 aliphatic rings. The molecule has 0 aromatic heterocycles.